The Morgan fingerprint density at radius 2 is 2.43 bits per heavy atom. The van der Waals surface area contributed by atoms with Crippen molar-refractivity contribution in [2.24, 2.45) is 5.84 Å². The molecule has 0 atom stereocenters. The molecule has 7 heavy (non-hydrogen) atoms. The first kappa shape index (κ1) is 6.50. The fraction of sp³-hybridized carbons (Fsp3) is 0.600. The van der Waals surface area contributed by atoms with Crippen molar-refractivity contribution < 1.29 is 0 Å². The summed E-state index contributed by atoms with van der Waals surface area (Å²) in [6.45, 7) is 4.01. The topological polar surface area (TPSA) is 38.0 Å². The van der Waals surface area contributed by atoms with Crippen LogP contribution in [-0.4, -0.2) is 0 Å². The highest BCUT2D eigenvalue weighted by Gasteiger charge is 1.80. The van der Waals surface area contributed by atoms with Crippen LogP contribution in [0.15, 0.2) is 11.8 Å². The molecule has 0 spiro atoms. The summed E-state index contributed by atoms with van der Waals surface area (Å²) in [5.74, 6) is 5.08. The third-order valence-electron chi connectivity index (χ3n) is 0.915. The van der Waals surface area contributed by atoms with Gasteiger partial charge in [-0.05, 0) is 13.3 Å². The first-order valence-electron chi connectivity index (χ1n) is 2.47. The number of nitrogens with one attached hydrogen (secondary N) is 1. The standard InChI is InChI=1S/C5H12N2/c1-3-5(4-2)7-6/h3,7H,4,6H2,1-2H3/b5-3+. The lowest BCUT2D eigenvalue weighted by Crippen LogP contribution is -2.20. The molecule has 3 N–H and O–H groups in total. The minimum atomic E-state index is 0.979. The number of allylic oxidation sites excluding steroid dienone is 2. The van der Waals surface area contributed by atoms with Gasteiger partial charge in [0.1, 0.15) is 0 Å². The summed E-state index contributed by atoms with van der Waals surface area (Å²) in [7, 11) is 0. The monoisotopic (exact) mass is 100 g/mol. The molecule has 0 bridgehead atoms. The zero-order valence-corrected chi connectivity index (χ0v) is 4.86. The number of nitrogens with two attached hydrogens (primary N) is 1. The fourth-order valence-electron chi connectivity index (χ4n) is 0.390. The van der Waals surface area contributed by atoms with Crippen molar-refractivity contribution in [2.45, 2.75) is 20.3 Å². The van der Waals surface area contributed by atoms with E-state index in [1.807, 2.05) is 13.0 Å². The maximum atomic E-state index is 5.08. The van der Waals surface area contributed by atoms with Crippen LogP contribution < -0.4 is 11.3 Å². The highest BCUT2D eigenvalue weighted by atomic mass is 15.2. The number of hydrogen-bond donors (Lipinski definition) is 2. The normalized spacial score (nSPS) is 11.6. The predicted molar refractivity (Wildman–Crippen MR) is 31.4 cm³/mol. The van der Waals surface area contributed by atoms with Crippen molar-refractivity contribution in [3.05, 3.63) is 11.8 Å². The molecule has 0 heterocycles. The van der Waals surface area contributed by atoms with E-state index in [0.29, 0.717) is 0 Å². The van der Waals surface area contributed by atoms with Gasteiger partial charge in [-0.1, -0.05) is 13.0 Å². The van der Waals surface area contributed by atoms with E-state index < -0.39 is 0 Å². The third-order valence-corrected chi connectivity index (χ3v) is 0.915. The molecule has 2 nitrogen and oxygen atoms in total. The summed E-state index contributed by atoms with van der Waals surface area (Å²) in [4.78, 5) is 0. The van der Waals surface area contributed by atoms with Gasteiger partial charge in [-0.2, -0.15) is 0 Å². The van der Waals surface area contributed by atoms with Gasteiger partial charge in [-0.3, -0.25) is 5.84 Å². The summed E-state index contributed by atoms with van der Waals surface area (Å²) < 4.78 is 0. The maximum absolute atomic E-state index is 5.08. The van der Waals surface area contributed by atoms with Crippen molar-refractivity contribution in [3.63, 3.8) is 0 Å². The van der Waals surface area contributed by atoms with E-state index in [0.717, 1.165) is 12.1 Å². The van der Waals surface area contributed by atoms with Gasteiger partial charge in [0.25, 0.3) is 0 Å². The zero-order valence-electron chi connectivity index (χ0n) is 4.86. The summed E-state index contributed by atoms with van der Waals surface area (Å²) in [6.07, 6.45) is 2.94. The van der Waals surface area contributed by atoms with Crippen LogP contribution in [0.2, 0.25) is 0 Å². The molecule has 0 aliphatic carbocycles. The Hall–Kier alpha value is -0.500. The predicted octanol–water partition coefficient (Wildman–Crippen LogP) is 0.764. The Bertz CT molecular complexity index is 60.5. The maximum Gasteiger partial charge on any atom is 0.0213 e. The number of hydrogen-bond acceptors (Lipinski definition) is 2. The Kier molecular flexibility index (Phi) is 3.42. The largest absolute Gasteiger partial charge is 0.329 e. The van der Waals surface area contributed by atoms with Gasteiger partial charge < -0.3 is 5.43 Å². The smallest absolute Gasteiger partial charge is 0.0213 e. The SMILES string of the molecule is C/C=C(\CC)NN. The lowest BCUT2D eigenvalue weighted by atomic mass is 10.3. The Morgan fingerprint density at radius 1 is 1.86 bits per heavy atom. The van der Waals surface area contributed by atoms with Crippen LogP contribution in [0.4, 0.5) is 0 Å². The molecule has 0 aromatic carbocycles. The van der Waals surface area contributed by atoms with Gasteiger partial charge in [-0.25, -0.2) is 0 Å². The first-order chi connectivity index (χ1) is 3.35. The average molecular weight is 100 g/mol. The molecule has 0 saturated heterocycles. The van der Waals surface area contributed by atoms with Crippen molar-refractivity contribution >= 4 is 0 Å². The molecule has 0 amide bonds. The summed E-state index contributed by atoms with van der Waals surface area (Å²) >= 11 is 0. The van der Waals surface area contributed by atoms with E-state index in [1.54, 1.807) is 0 Å². The first-order valence-corrected chi connectivity index (χ1v) is 2.47. The van der Waals surface area contributed by atoms with Crippen LogP contribution >= 0.6 is 0 Å². The van der Waals surface area contributed by atoms with Gasteiger partial charge in [0.2, 0.25) is 0 Å². The average Bonchev–Trinajstić information content (AvgIpc) is 1.72. The molecule has 42 valence electrons. The summed E-state index contributed by atoms with van der Waals surface area (Å²) in [5, 5.41) is 0. The third kappa shape index (κ3) is 2.23. The van der Waals surface area contributed by atoms with E-state index in [-0.39, 0.29) is 0 Å². The van der Waals surface area contributed by atoms with Crippen LogP contribution in [0.3, 0.4) is 0 Å². The molecule has 0 aromatic rings. The highest BCUT2D eigenvalue weighted by molar-refractivity contribution is 4.93. The minimum absolute atomic E-state index is 0.979. The Morgan fingerprint density at radius 3 is 2.43 bits per heavy atom. The van der Waals surface area contributed by atoms with Crippen LogP contribution in [0.1, 0.15) is 20.3 Å². The lowest BCUT2D eigenvalue weighted by Gasteiger charge is -1.97. The highest BCUT2D eigenvalue weighted by Crippen LogP contribution is 1.89. The van der Waals surface area contributed by atoms with E-state index in [2.05, 4.69) is 12.3 Å². The zero-order chi connectivity index (χ0) is 5.70. The molecule has 2 heteroatoms. The van der Waals surface area contributed by atoms with Crippen LogP contribution in [0.5, 0.6) is 0 Å². The van der Waals surface area contributed by atoms with Gasteiger partial charge in [0.05, 0.1) is 0 Å². The van der Waals surface area contributed by atoms with E-state index >= 15 is 0 Å². The molecule has 0 aliphatic heterocycles. The number of hydrazine groups is 1. The van der Waals surface area contributed by atoms with Crippen molar-refractivity contribution in [2.75, 3.05) is 0 Å². The minimum Gasteiger partial charge on any atom is -0.329 e. The van der Waals surface area contributed by atoms with Crippen molar-refractivity contribution in [1.29, 1.82) is 0 Å². The molecule has 0 saturated carbocycles. The molecular formula is C5H12N2. The lowest BCUT2D eigenvalue weighted by molar-refractivity contribution is 0.824. The Labute approximate surface area is 44.4 Å². The molecular weight excluding hydrogens is 88.1 g/mol. The molecule has 0 aliphatic rings. The molecule has 0 unspecified atom stereocenters. The molecule has 0 aromatic heterocycles. The van der Waals surface area contributed by atoms with Gasteiger partial charge in [0, 0.05) is 5.70 Å². The van der Waals surface area contributed by atoms with E-state index in [4.69, 9.17) is 5.84 Å². The van der Waals surface area contributed by atoms with Gasteiger partial charge in [0.15, 0.2) is 0 Å². The quantitative estimate of drug-likeness (QED) is 0.397. The summed E-state index contributed by atoms with van der Waals surface area (Å²) in [5.41, 5.74) is 3.65. The van der Waals surface area contributed by atoms with Crippen molar-refractivity contribution in [3.8, 4) is 0 Å². The molecule has 0 radical (unpaired) electrons. The Balaban J connectivity index is 3.38. The van der Waals surface area contributed by atoms with Gasteiger partial charge in [-0.15, -0.1) is 0 Å². The fourth-order valence-corrected chi connectivity index (χ4v) is 0.390. The van der Waals surface area contributed by atoms with Crippen LogP contribution in [0.25, 0.3) is 0 Å². The second-order valence-electron chi connectivity index (χ2n) is 1.31. The molecule has 0 fully saturated rings. The van der Waals surface area contributed by atoms with E-state index in [1.165, 1.54) is 0 Å². The number of rotatable bonds is 2. The van der Waals surface area contributed by atoms with E-state index in [9.17, 15) is 0 Å². The van der Waals surface area contributed by atoms with Gasteiger partial charge >= 0.3 is 0 Å². The second kappa shape index (κ2) is 3.68. The molecule has 0 rings (SSSR count). The van der Waals surface area contributed by atoms with Crippen LogP contribution in [-0.2, 0) is 0 Å². The second-order valence-corrected chi connectivity index (χ2v) is 1.31. The van der Waals surface area contributed by atoms with Crippen molar-refractivity contribution in [1.82, 2.24) is 5.43 Å². The van der Waals surface area contributed by atoms with Crippen LogP contribution in [0, 0.1) is 0 Å². The summed E-state index contributed by atoms with van der Waals surface area (Å²) in [6, 6.07) is 0.